The third kappa shape index (κ3) is 1.79. The van der Waals surface area contributed by atoms with Gasteiger partial charge in [0.15, 0.2) is 0 Å². The van der Waals surface area contributed by atoms with Gasteiger partial charge in [-0.25, -0.2) is 0 Å². The van der Waals surface area contributed by atoms with Crippen LogP contribution in [0.2, 0.25) is 5.02 Å². The molecule has 1 saturated carbocycles. The molecule has 0 spiro atoms. The zero-order chi connectivity index (χ0) is 12.8. The van der Waals surface area contributed by atoms with Crippen molar-refractivity contribution in [1.82, 2.24) is 0 Å². The van der Waals surface area contributed by atoms with E-state index < -0.39 is 4.32 Å². The van der Waals surface area contributed by atoms with Crippen LogP contribution in [-0.4, -0.2) is 6.29 Å². The smallest absolute Gasteiger partial charge is 0.141 e. The van der Waals surface area contributed by atoms with E-state index in [1.807, 2.05) is 36.4 Å². The van der Waals surface area contributed by atoms with Gasteiger partial charge in [-0.1, -0.05) is 57.9 Å². The van der Waals surface area contributed by atoms with Crippen molar-refractivity contribution in [1.29, 1.82) is 0 Å². The molecule has 0 saturated heterocycles. The average Bonchev–Trinajstić information content (AvgIpc) is 3.22. The highest BCUT2D eigenvalue weighted by atomic mass is 79.9. The molecule has 0 heterocycles. The summed E-state index contributed by atoms with van der Waals surface area (Å²) in [7, 11) is 0. The summed E-state index contributed by atoms with van der Waals surface area (Å²) in [5.74, 6) is 0.402. The van der Waals surface area contributed by atoms with Crippen LogP contribution in [0.25, 0.3) is 10.8 Å². The molecule has 3 heteroatoms. The van der Waals surface area contributed by atoms with Crippen LogP contribution in [0.1, 0.15) is 18.4 Å². The molecule has 0 amide bonds. The number of carbonyl (C=O) groups is 1. The van der Waals surface area contributed by atoms with Crippen molar-refractivity contribution < 1.29 is 4.79 Å². The van der Waals surface area contributed by atoms with Crippen LogP contribution < -0.4 is 0 Å². The second-order valence-electron chi connectivity index (χ2n) is 4.80. The fourth-order valence-corrected chi connectivity index (χ4v) is 3.53. The van der Waals surface area contributed by atoms with Crippen molar-refractivity contribution in [3.63, 3.8) is 0 Å². The monoisotopic (exact) mass is 322 g/mol. The molecular weight excluding hydrogens is 312 g/mol. The Morgan fingerprint density at radius 1 is 1.17 bits per heavy atom. The lowest BCUT2D eigenvalue weighted by Crippen LogP contribution is -2.22. The zero-order valence-corrected chi connectivity index (χ0v) is 12.0. The van der Waals surface area contributed by atoms with Gasteiger partial charge in [0, 0.05) is 10.4 Å². The van der Waals surface area contributed by atoms with Gasteiger partial charge in [0.2, 0.25) is 0 Å². The van der Waals surface area contributed by atoms with Crippen molar-refractivity contribution in [2.45, 2.75) is 17.2 Å². The highest BCUT2D eigenvalue weighted by Gasteiger charge is 2.45. The molecule has 1 nitrogen and oxygen atoms in total. The SMILES string of the molecule is O=CC(Br)(c1cccc2c(Cl)cccc12)C1CC1. The number of benzene rings is 2. The lowest BCUT2D eigenvalue weighted by molar-refractivity contribution is -0.110. The van der Waals surface area contributed by atoms with Crippen LogP contribution in [0.5, 0.6) is 0 Å². The largest absolute Gasteiger partial charge is 0.301 e. The Morgan fingerprint density at radius 2 is 1.83 bits per heavy atom. The molecule has 1 fully saturated rings. The molecular formula is C15H12BrClO. The topological polar surface area (TPSA) is 17.1 Å². The maximum atomic E-state index is 11.6. The van der Waals surface area contributed by atoms with E-state index in [2.05, 4.69) is 15.9 Å². The summed E-state index contributed by atoms with van der Waals surface area (Å²) >= 11 is 9.87. The van der Waals surface area contributed by atoms with Crippen LogP contribution in [-0.2, 0) is 9.12 Å². The van der Waals surface area contributed by atoms with Gasteiger partial charge in [-0.3, -0.25) is 0 Å². The van der Waals surface area contributed by atoms with Crippen molar-refractivity contribution in [2.24, 2.45) is 5.92 Å². The minimum Gasteiger partial charge on any atom is -0.301 e. The molecule has 2 aromatic rings. The first-order chi connectivity index (χ1) is 8.66. The van der Waals surface area contributed by atoms with Crippen molar-refractivity contribution in [2.75, 3.05) is 0 Å². The number of rotatable bonds is 3. The van der Waals surface area contributed by atoms with E-state index in [9.17, 15) is 4.79 Å². The highest BCUT2D eigenvalue weighted by Crippen LogP contribution is 2.52. The first-order valence-corrected chi connectivity index (χ1v) is 7.17. The fourth-order valence-electron chi connectivity index (χ4n) is 2.49. The van der Waals surface area contributed by atoms with E-state index in [0.29, 0.717) is 5.92 Å². The van der Waals surface area contributed by atoms with Crippen LogP contribution in [0.4, 0.5) is 0 Å². The molecule has 0 N–H and O–H groups in total. The van der Waals surface area contributed by atoms with Gasteiger partial charge >= 0.3 is 0 Å². The molecule has 2 aromatic carbocycles. The van der Waals surface area contributed by atoms with Crippen LogP contribution in [0, 0.1) is 5.92 Å². The molecule has 1 aliphatic rings. The van der Waals surface area contributed by atoms with Crippen LogP contribution >= 0.6 is 27.5 Å². The van der Waals surface area contributed by atoms with Crippen molar-refractivity contribution >= 4 is 44.6 Å². The molecule has 1 atom stereocenters. The van der Waals surface area contributed by atoms with E-state index in [4.69, 9.17) is 11.6 Å². The quantitative estimate of drug-likeness (QED) is 0.591. The van der Waals surface area contributed by atoms with Crippen LogP contribution in [0.15, 0.2) is 36.4 Å². The number of hydrogen-bond donors (Lipinski definition) is 0. The minimum atomic E-state index is -0.558. The van der Waals surface area contributed by atoms with Gasteiger partial charge in [-0.05, 0) is 35.8 Å². The Labute approximate surface area is 119 Å². The Bertz CT molecular complexity index is 621. The Balaban J connectivity index is 2.29. The maximum absolute atomic E-state index is 11.6. The lowest BCUT2D eigenvalue weighted by atomic mass is 9.90. The number of aldehydes is 1. The number of alkyl halides is 1. The third-order valence-corrected chi connectivity index (χ3v) is 5.22. The summed E-state index contributed by atoms with van der Waals surface area (Å²) in [5.41, 5.74) is 1.03. The van der Waals surface area contributed by atoms with Gasteiger partial charge < -0.3 is 4.79 Å². The molecule has 0 bridgehead atoms. The summed E-state index contributed by atoms with van der Waals surface area (Å²) in [5, 5.41) is 2.79. The van der Waals surface area contributed by atoms with E-state index in [1.54, 1.807) is 0 Å². The summed E-state index contributed by atoms with van der Waals surface area (Å²) in [6, 6.07) is 11.8. The molecule has 3 rings (SSSR count). The number of carbonyl (C=O) groups excluding carboxylic acids is 1. The van der Waals surface area contributed by atoms with E-state index in [0.717, 1.165) is 40.5 Å². The lowest BCUT2D eigenvalue weighted by Gasteiger charge is -2.23. The third-order valence-electron chi connectivity index (χ3n) is 3.62. The molecule has 1 unspecified atom stereocenters. The molecule has 18 heavy (non-hydrogen) atoms. The first-order valence-electron chi connectivity index (χ1n) is 6.00. The minimum absolute atomic E-state index is 0.402. The van der Waals surface area contributed by atoms with E-state index in [-0.39, 0.29) is 0 Å². The van der Waals surface area contributed by atoms with Gasteiger partial charge in [-0.15, -0.1) is 0 Å². The zero-order valence-electron chi connectivity index (χ0n) is 9.70. The van der Waals surface area contributed by atoms with Gasteiger partial charge in [-0.2, -0.15) is 0 Å². The predicted molar refractivity (Wildman–Crippen MR) is 78.4 cm³/mol. The van der Waals surface area contributed by atoms with Crippen molar-refractivity contribution in [3.8, 4) is 0 Å². The van der Waals surface area contributed by atoms with Gasteiger partial charge in [0.05, 0.1) is 0 Å². The standard InChI is InChI=1S/C15H12BrClO/c16-15(9-18,10-7-8-10)13-5-1-4-12-11(13)3-2-6-14(12)17/h1-6,9-10H,7-8H2. The second kappa shape index (κ2) is 4.36. The van der Waals surface area contributed by atoms with E-state index >= 15 is 0 Å². The maximum Gasteiger partial charge on any atom is 0.141 e. The number of fused-ring (bicyclic) bond motifs is 1. The molecule has 92 valence electrons. The van der Waals surface area contributed by atoms with Gasteiger partial charge in [0.25, 0.3) is 0 Å². The second-order valence-corrected chi connectivity index (χ2v) is 6.52. The summed E-state index contributed by atoms with van der Waals surface area (Å²) in [6.07, 6.45) is 3.22. The normalized spacial score (nSPS) is 18.6. The molecule has 0 aliphatic heterocycles. The van der Waals surface area contributed by atoms with Crippen LogP contribution in [0.3, 0.4) is 0 Å². The molecule has 0 aromatic heterocycles. The first kappa shape index (κ1) is 12.2. The predicted octanol–water partition coefficient (Wildman–Crippen LogP) is 4.69. The molecule has 1 aliphatic carbocycles. The van der Waals surface area contributed by atoms with Gasteiger partial charge in [0.1, 0.15) is 10.6 Å². The number of halogens is 2. The Hall–Kier alpha value is -0.860. The summed E-state index contributed by atoms with van der Waals surface area (Å²) in [6.45, 7) is 0. The summed E-state index contributed by atoms with van der Waals surface area (Å²) in [4.78, 5) is 11.6. The molecule has 0 radical (unpaired) electrons. The fraction of sp³-hybridized carbons (Fsp3) is 0.267. The average molecular weight is 324 g/mol. The Kier molecular flexibility index (Phi) is 2.95. The summed E-state index contributed by atoms with van der Waals surface area (Å²) < 4.78 is -0.558. The van der Waals surface area contributed by atoms with E-state index in [1.165, 1.54) is 0 Å². The Morgan fingerprint density at radius 3 is 2.50 bits per heavy atom. The highest BCUT2D eigenvalue weighted by molar-refractivity contribution is 9.10. The number of hydrogen-bond acceptors (Lipinski definition) is 1. The van der Waals surface area contributed by atoms with Crippen molar-refractivity contribution in [3.05, 3.63) is 47.0 Å².